The van der Waals surface area contributed by atoms with Gasteiger partial charge < -0.3 is 9.64 Å². The van der Waals surface area contributed by atoms with Crippen molar-refractivity contribution in [1.82, 2.24) is 0 Å². The molecule has 112 valence electrons. The minimum atomic E-state index is -3.21. The maximum atomic E-state index is 14.3. The standard InChI is InChI=1S/C15H15F2NO3/c1-10(19)18-8-7-15(16,17)12(9-14(20)21-2)11-5-3-4-6-13(11)18/h3-6,9H,7-8H2,1-2H3/b12-9+. The van der Waals surface area contributed by atoms with E-state index in [0.717, 1.165) is 13.2 Å². The zero-order valence-corrected chi connectivity index (χ0v) is 11.7. The van der Waals surface area contributed by atoms with Crippen LogP contribution in [0.4, 0.5) is 14.5 Å². The van der Waals surface area contributed by atoms with Crippen LogP contribution in [0, 0.1) is 0 Å². The summed E-state index contributed by atoms with van der Waals surface area (Å²) in [6, 6.07) is 6.31. The van der Waals surface area contributed by atoms with Crippen LogP contribution in [-0.4, -0.2) is 31.5 Å². The van der Waals surface area contributed by atoms with E-state index < -0.39 is 23.9 Å². The number of halogens is 2. The molecule has 0 fully saturated rings. The van der Waals surface area contributed by atoms with Gasteiger partial charge in [0.2, 0.25) is 5.91 Å². The van der Waals surface area contributed by atoms with E-state index in [2.05, 4.69) is 4.74 Å². The van der Waals surface area contributed by atoms with E-state index in [9.17, 15) is 18.4 Å². The first-order valence-corrected chi connectivity index (χ1v) is 6.42. The van der Waals surface area contributed by atoms with Gasteiger partial charge in [-0.05, 0) is 6.07 Å². The molecule has 4 nitrogen and oxygen atoms in total. The highest BCUT2D eigenvalue weighted by Crippen LogP contribution is 2.42. The number of ether oxygens (including phenoxy) is 1. The van der Waals surface area contributed by atoms with Gasteiger partial charge in [-0.1, -0.05) is 18.2 Å². The normalized spacial score (nSPS) is 18.9. The number of nitrogens with zero attached hydrogens (tertiary/aromatic N) is 1. The quantitative estimate of drug-likeness (QED) is 0.591. The number of hydrogen-bond donors (Lipinski definition) is 0. The minimum Gasteiger partial charge on any atom is -0.466 e. The Labute approximate surface area is 121 Å². The average molecular weight is 295 g/mol. The molecule has 6 heteroatoms. The molecule has 1 aliphatic heterocycles. The molecule has 0 radical (unpaired) electrons. The number of allylic oxidation sites excluding steroid dienone is 1. The molecule has 0 aromatic heterocycles. The Balaban J connectivity index is 2.66. The lowest BCUT2D eigenvalue weighted by Crippen LogP contribution is -2.31. The molecule has 0 spiro atoms. The van der Waals surface area contributed by atoms with Gasteiger partial charge in [0.1, 0.15) is 0 Å². The lowest BCUT2D eigenvalue weighted by Gasteiger charge is -2.20. The molecule has 0 N–H and O–H groups in total. The summed E-state index contributed by atoms with van der Waals surface area (Å²) in [5.41, 5.74) is 0.117. The zero-order valence-electron chi connectivity index (χ0n) is 11.7. The van der Waals surface area contributed by atoms with E-state index in [1.807, 2.05) is 0 Å². The Hall–Kier alpha value is -2.24. The van der Waals surface area contributed by atoms with E-state index in [-0.39, 0.29) is 18.0 Å². The van der Waals surface area contributed by atoms with Crippen LogP contribution in [0.15, 0.2) is 30.3 Å². The fraction of sp³-hybridized carbons (Fsp3) is 0.333. The first kappa shape index (κ1) is 15.2. The van der Waals surface area contributed by atoms with Crippen molar-refractivity contribution in [3.05, 3.63) is 35.9 Å². The first-order valence-electron chi connectivity index (χ1n) is 6.42. The number of anilines is 1. The predicted octanol–water partition coefficient (Wildman–Crippen LogP) is 2.63. The van der Waals surface area contributed by atoms with E-state index in [1.54, 1.807) is 18.2 Å². The number of carbonyl (C=O) groups is 2. The average Bonchev–Trinajstić information content (AvgIpc) is 2.54. The summed E-state index contributed by atoms with van der Waals surface area (Å²) in [7, 11) is 1.13. The molecule has 0 aliphatic carbocycles. The molecule has 2 rings (SSSR count). The lowest BCUT2D eigenvalue weighted by molar-refractivity contribution is -0.134. The molecule has 0 atom stereocenters. The number of para-hydroxylation sites is 1. The van der Waals surface area contributed by atoms with Crippen LogP contribution in [0.3, 0.4) is 0 Å². The molecule has 1 heterocycles. The number of hydrogen-bond acceptors (Lipinski definition) is 3. The molecule has 0 unspecified atom stereocenters. The second kappa shape index (κ2) is 5.63. The highest BCUT2D eigenvalue weighted by atomic mass is 19.3. The van der Waals surface area contributed by atoms with Crippen LogP contribution in [0.5, 0.6) is 0 Å². The topological polar surface area (TPSA) is 46.6 Å². The number of methoxy groups -OCH3 is 1. The van der Waals surface area contributed by atoms with Gasteiger partial charge in [0, 0.05) is 37.1 Å². The van der Waals surface area contributed by atoms with Crippen molar-refractivity contribution in [1.29, 1.82) is 0 Å². The maximum Gasteiger partial charge on any atom is 0.330 e. The van der Waals surface area contributed by atoms with Crippen molar-refractivity contribution in [2.24, 2.45) is 0 Å². The maximum absolute atomic E-state index is 14.3. The number of esters is 1. The summed E-state index contributed by atoms with van der Waals surface area (Å²) >= 11 is 0. The summed E-state index contributed by atoms with van der Waals surface area (Å²) in [5, 5.41) is 0. The van der Waals surface area contributed by atoms with Crippen molar-refractivity contribution in [3.8, 4) is 0 Å². The van der Waals surface area contributed by atoms with Crippen LogP contribution in [0.25, 0.3) is 5.57 Å². The number of fused-ring (bicyclic) bond motifs is 1. The molecule has 0 saturated carbocycles. The largest absolute Gasteiger partial charge is 0.466 e. The van der Waals surface area contributed by atoms with Crippen LogP contribution in [0.1, 0.15) is 18.9 Å². The van der Waals surface area contributed by atoms with Gasteiger partial charge in [-0.25, -0.2) is 13.6 Å². The van der Waals surface area contributed by atoms with Crippen molar-refractivity contribution in [2.45, 2.75) is 19.3 Å². The highest BCUT2D eigenvalue weighted by Gasteiger charge is 2.40. The number of rotatable bonds is 1. The van der Waals surface area contributed by atoms with Crippen molar-refractivity contribution >= 4 is 23.1 Å². The Bertz CT molecular complexity index is 611. The smallest absolute Gasteiger partial charge is 0.330 e. The number of carbonyl (C=O) groups excluding carboxylic acids is 2. The van der Waals surface area contributed by atoms with Crippen LogP contribution in [0.2, 0.25) is 0 Å². The number of amides is 1. The summed E-state index contributed by atoms with van der Waals surface area (Å²) in [6.07, 6.45) is 0.243. The Kier molecular flexibility index (Phi) is 4.06. The second-order valence-electron chi connectivity index (χ2n) is 4.72. The molecule has 1 amide bonds. The van der Waals surface area contributed by atoms with E-state index in [1.165, 1.54) is 17.9 Å². The molecule has 1 aliphatic rings. The second-order valence-corrected chi connectivity index (χ2v) is 4.72. The van der Waals surface area contributed by atoms with Gasteiger partial charge in [0.05, 0.1) is 12.8 Å². The lowest BCUT2D eigenvalue weighted by atomic mass is 9.97. The molecule has 0 saturated heterocycles. The molecule has 0 bridgehead atoms. The third-order valence-electron chi connectivity index (χ3n) is 3.37. The van der Waals surface area contributed by atoms with Gasteiger partial charge in [-0.2, -0.15) is 0 Å². The molecule has 1 aromatic carbocycles. The summed E-state index contributed by atoms with van der Waals surface area (Å²) in [5.74, 6) is -4.39. The Morgan fingerprint density at radius 2 is 2.00 bits per heavy atom. The van der Waals surface area contributed by atoms with E-state index in [4.69, 9.17) is 0 Å². The summed E-state index contributed by atoms with van der Waals surface area (Å²) in [4.78, 5) is 24.4. The fourth-order valence-corrected chi connectivity index (χ4v) is 2.33. The van der Waals surface area contributed by atoms with Gasteiger partial charge in [0.25, 0.3) is 5.92 Å². The summed E-state index contributed by atoms with van der Waals surface area (Å²) < 4.78 is 33.1. The summed E-state index contributed by atoms with van der Waals surface area (Å²) in [6.45, 7) is 1.21. The monoisotopic (exact) mass is 295 g/mol. The third-order valence-corrected chi connectivity index (χ3v) is 3.37. The van der Waals surface area contributed by atoms with E-state index in [0.29, 0.717) is 5.69 Å². The third kappa shape index (κ3) is 2.94. The van der Waals surface area contributed by atoms with Crippen LogP contribution < -0.4 is 4.90 Å². The molecule has 1 aromatic rings. The number of alkyl halides is 2. The Morgan fingerprint density at radius 3 is 2.62 bits per heavy atom. The van der Waals surface area contributed by atoms with Crippen LogP contribution >= 0.6 is 0 Å². The van der Waals surface area contributed by atoms with Gasteiger partial charge in [0.15, 0.2) is 0 Å². The minimum absolute atomic E-state index is 0.113. The van der Waals surface area contributed by atoms with Gasteiger partial charge >= 0.3 is 5.97 Å². The predicted molar refractivity (Wildman–Crippen MR) is 74.0 cm³/mol. The van der Waals surface area contributed by atoms with Gasteiger partial charge in [-0.3, -0.25) is 4.79 Å². The molecular weight excluding hydrogens is 280 g/mol. The van der Waals surface area contributed by atoms with Crippen molar-refractivity contribution in [3.63, 3.8) is 0 Å². The van der Waals surface area contributed by atoms with Crippen molar-refractivity contribution < 1.29 is 23.1 Å². The first-order chi connectivity index (χ1) is 9.86. The Morgan fingerprint density at radius 1 is 1.33 bits per heavy atom. The van der Waals surface area contributed by atoms with Crippen molar-refractivity contribution in [2.75, 3.05) is 18.6 Å². The molecular formula is C15H15F2NO3. The molecule has 21 heavy (non-hydrogen) atoms. The van der Waals surface area contributed by atoms with Crippen LogP contribution in [-0.2, 0) is 14.3 Å². The SMILES string of the molecule is COC(=O)/C=C1\c2ccccc2N(C(C)=O)CCC1(F)F. The zero-order chi connectivity index (χ0) is 15.6. The number of benzene rings is 1. The fourth-order valence-electron chi connectivity index (χ4n) is 2.33. The van der Waals surface area contributed by atoms with E-state index >= 15 is 0 Å². The van der Waals surface area contributed by atoms with Gasteiger partial charge in [-0.15, -0.1) is 0 Å². The highest BCUT2D eigenvalue weighted by molar-refractivity contribution is 6.00.